The van der Waals surface area contributed by atoms with Crippen molar-refractivity contribution < 1.29 is 0 Å². The largest absolute Gasteiger partial charge is 0.360 e. The summed E-state index contributed by atoms with van der Waals surface area (Å²) in [6.45, 7) is 7.89. The highest BCUT2D eigenvalue weighted by molar-refractivity contribution is 14.0. The Kier molecular flexibility index (Phi) is 7.84. The van der Waals surface area contributed by atoms with Crippen LogP contribution in [0.2, 0.25) is 0 Å². The number of nitrogens with zero attached hydrogens (tertiary/aromatic N) is 3. The van der Waals surface area contributed by atoms with Crippen LogP contribution < -0.4 is 10.2 Å². The molecule has 0 amide bonds. The Labute approximate surface area is 165 Å². The van der Waals surface area contributed by atoms with Crippen molar-refractivity contribution in [1.29, 1.82) is 0 Å². The molecule has 0 unspecified atom stereocenters. The van der Waals surface area contributed by atoms with Crippen molar-refractivity contribution in [2.45, 2.75) is 13.5 Å². The first kappa shape index (κ1) is 19.1. The number of aliphatic imine (C=N–C) groups is 1. The van der Waals surface area contributed by atoms with Gasteiger partial charge < -0.3 is 15.1 Å². The van der Waals surface area contributed by atoms with Crippen LogP contribution in [0.5, 0.6) is 0 Å². The van der Waals surface area contributed by atoms with Gasteiger partial charge in [0.25, 0.3) is 0 Å². The van der Waals surface area contributed by atoms with Crippen molar-refractivity contribution in [3.05, 3.63) is 53.4 Å². The Bertz CT molecular complexity index is 607. The maximum Gasteiger partial charge on any atom is 0.194 e. The second-order valence-electron chi connectivity index (χ2n) is 5.58. The van der Waals surface area contributed by atoms with E-state index in [1.807, 2.05) is 17.4 Å². The molecule has 0 spiro atoms. The molecule has 3 rings (SSSR count). The fourth-order valence-corrected chi connectivity index (χ4v) is 3.55. The molecule has 6 heteroatoms. The molecule has 4 nitrogen and oxygen atoms in total. The van der Waals surface area contributed by atoms with Gasteiger partial charge in [-0.3, -0.25) is 0 Å². The van der Waals surface area contributed by atoms with Crippen molar-refractivity contribution in [2.75, 3.05) is 37.6 Å². The van der Waals surface area contributed by atoms with Crippen molar-refractivity contribution in [3.63, 3.8) is 0 Å². The van der Waals surface area contributed by atoms with Crippen LogP contribution in [0.3, 0.4) is 0 Å². The maximum atomic E-state index is 4.81. The second kappa shape index (κ2) is 9.88. The van der Waals surface area contributed by atoms with Crippen LogP contribution >= 0.6 is 35.3 Å². The zero-order chi connectivity index (χ0) is 15.9. The van der Waals surface area contributed by atoms with E-state index in [0.29, 0.717) is 0 Å². The molecule has 2 heterocycles. The smallest absolute Gasteiger partial charge is 0.194 e. The van der Waals surface area contributed by atoms with Gasteiger partial charge in [0.2, 0.25) is 0 Å². The third-order valence-corrected chi connectivity index (χ3v) is 4.92. The number of hydrogen-bond donors (Lipinski definition) is 1. The maximum absolute atomic E-state index is 4.81. The van der Waals surface area contributed by atoms with Gasteiger partial charge in [-0.1, -0.05) is 30.3 Å². The first-order valence-corrected chi connectivity index (χ1v) is 9.10. The normalized spacial score (nSPS) is 15.1. The number of nitrogens with one attached hydrogen (secondary N) is 1. The molecule has 2 aromatic rings. The quantitative estimate of drug-likeness (QED) is 0.433. The number of benzene rings is 1. The van der Waals surface area contributed by atoms with Gasteiger partial charge in [0.1, 0.15) is 0 Å². The highest BCUT2D eigenvalue weighted by Gasteiger charge is 2.20. The van der Waals surface area contributed by atoms with Gasteiger partial charge in [-0.05, 0) is 30.0 Å². The van der Waals surface area contributed by atoms with Gasteiger partial charge in [-0.25, -0.2) is 4.99 Å². The Morgan fingerprint density at radius 1 is 1.08 bits per heavy atom. The lowest BCUT2D eigenvalue weighted by Gasteiger charge is -2.37. The van der Waals surface area contributed by atoms with Crippen LogP contribution in [0.15, 0.2) is 52.8 Å². The van der Waals surface area contributed by atoms with Crippen LogP contribution in [0.4, 0.5) is 5.00 Å². The van der Waals surface area contributed by atoms with E-state index in [1.54, 1.807) is 0 Å². The fourth-order valence-electron chi connectivity index (χ4n) is 2.76. The summed E-state index contributed by atoms with van der Waals surface area (Å²) in [6, 6.07) is 14.8. The number of piperazine rings is 1. The average Bonchev–Trinajstić information content (AvgIpc) is 3.14. The van der Waals surface area contributed by atoms with Crippen LogP contribution in [0, 0.1) is 0 Å². The van der Waals surface area contributed by atoms with E-state index in [4.69, 9.17) is 4.99 Å². The molecule has 130 valence electrons. The van der Waals surface area contributed by atoms with Gasteiger partial charge in [-0.2, -0.15) is 0 Å². The van der Waals surface area contributed by atoms with Gasteiger partial charge >= 0.3 is 0 Å². The third kappa shape index (κ3) is 5.11. The minimum atomic E-state index is 0. The molecular weight excluding hydrogens is 431 g/mol. The highest BCUT2D eigenvalue weighted by atomic mass is 127. The number of rotatable bonds is 4. The molecule has 1 aliphatic heterocycles. The zero-order valence-electron chi connectivity index (χ0n) is 14.0. The number of thiophene rings is 1. The standard InChI is InChI=1S/C18H24N4S.HI/c1-2-19-18(20-15-16-7-4-3-5-8-16)22-12-10-21(11-13-22)17-9-6-14-23-17;/h3-9,14H,2,10-13,15H2,1H3,(H,19,20);1H. The molecule has 0 atom stereocenters. The highest BCUT2D eigenvalue weighted by Crippen LogP contribution is 2.22. The molecule has 1 aromatic heterocycles. The average molecular weight is 456 g/mol. The summed E-state index contributed by atoms with van der Waals surface area (Å²) in [5, 5.41) is 6.95. The van der Waals surface area contributed by atoms with Crippen LogP contribution in [-0.4, -0.2) is 43.6 Å². The lowest BCUT2D eigenvalue weighted by molar-refractivity contribution is 0.373. The number of hydrogen-bond acceptors (Lipinski definition) is 3. The Morgan fingerprint density at radius 2 is 1.83 bits per heavy atom. The molecule has 0 saturated carbocycles. The summed E-state index contributed by atoms with van der Waals surface area (Å²) in [6.07, 6.45) is 0. The summed E-state index contributed by atoms with van der Waals surface area (Å²) in [4.78, 5) is 9.64. The molecule has 24 heavy (non-hydrogen) atoms. The van der Waals surface area contributed by atoms with Crippen molar-refractivity contribution in [1.82, 2.24) is 10.2 Å². The Balaban J connectivity index is 0.00000208. The lowest BCUT2D eigenvalue weighted by Crippen LogP contribution is -2.52. The minimum absolute atomic E-state index is 0. The van der Waals surface area contributed by atoms with Gasteiger partial charge in [0.15, 0.2) is 5.96 Å². The van der Waals surface area contributed by atoms with Crippen molar-refractivity contribution in [3.8, 4) is 0 Å². The predicted molar refractivity (Wildman–Crippen MR) is 115 cm³/mol. The van der Waals surface area contributed by atoms with Crippen LogP contribution in [-0.2, 0) is 6.54 Å². The van der Waals surface area contributed by atoms with Crippen LogP contribution in [0.1, 0.15) is 12.5 Å². The molecule has 0 aliphatic carbocycles. The van der Waals surface area contributed by atoms with Gasteiger partial charge in [0, 0.05) is 32.7 Å². The number of anilines is 1. The fraction of sp³-hybridized carbons (Fsp3) is 0.389. The molecule has 1 fully saturated rings. The van der Waals surface area contributed by atoms with Gasteiger partial charge in [-0.15, -0.1) is 35.3 Å². The molecule has 0 radical (unpaired) electrons. The van der Waals surface area contributed by atoms with E-state index in [0.717, 1.165) is 45.2 Å². The Hall–Kier alpha value is -1.28. The van der Waals surface area contributed by atoms with Crippen molar-refractivity contribution in [2.24, 2.45) is 4.99 Å². The summed E-state index contributed by atoms with van der Waals surface area (Å²) < 4.78 is 0. The Morgan fingerprint density at radius 3 is 2.46 bits per heavy atom. The topological polar surface area (TPSA) is 30.9 Å². The van der Waals surface area contributed by atoms with E-state index in [2.05, 4.69) is 63.8 Å². The SMILES string of the molecule is CCNC(=NCc1ccccc1)N1CCN(c2cccs2)CC1.I. The molecule has 1 aromatic carbocycles. The van der Waals surface area contributed by atoms with Gasteiger partial charge in [0.05, 0.1) is 11.5 Å². The van der Waals surface area contributed by atoms with Crippen LogP contribution in [0.25, 0.3) is 0 Å². The predicted octanol–water partition coefficient (Wildman–Crippen LogP) is 3.65. The molecule has 0 bridgehead atoms. The number of halogens is 1. The lowest BCUT2D eigenvalue weighted by atomic mass is 10.2. The van der Waals surface area contributed by atoms with E-state index >= 15 is 0 Å². The monoisotopic (exact) mass is 456 g/mol. The van der Waals surface area contributed by atoms with E-state index in [1.165, 1.54) is 10.6 Å². The summed E-state index contributed by atoms with van der Waals surface area (Å²) >= 11 is 1.82. The molecule has 1 saturated heterocycles. The first-order valence-electron chi connectivity index (χ1n) is 8.22. The molecule has 1 aliphatic rings. The zero-order valence-corrected chi connectivity index (χ0v) is 17.2. The van der Waals surface area contributed by atoms with Crippen molar-refractivity contribution >= 4 is 46.3 Å². The summed E-state index contributed by atoms with van der Waals surface area (Å²) in [5.41, 5.74) is 1.25. The minimum Gasteiger partial charge on any atom is -0.360 e. The second-order valence-corrected chi connectivity index (χ2v) is 6.51. The summed E-state index contributed by atoms with van der Waals surface area (Å²) in [7, 11) is 0. The summed E-state index contributed by atoms with van der Waals surface area (Å²) in [5.74, 6) is 1.03. The number of guanidine groups is 1. The van der Waals surface area contributed by atoms with E-state index < -0.39 is 0 Å². The third-order valence-electron chi connectivity index (χ3n) is 3.99. The first-order chi connectivity index (χ1) is 11.4. The molecule has 1 N–H and O–H groups in total. The molecular formula is C18H25IN4S. The van der Waals surface area contributed by atoms with E-state index in [9.17, 15) is 0 Å². The van der Waals surface area contributed by atoms with E-state index in [-0.39, 0.29) is 24.0 Å².